The molecule has 0 aliphatic carbocycles. The van der Waals surface area contributed by atoms with Gasteiger partial charge in [0.2, 0.25) is 0 Å². The Bertz CT molecular complexity index is 394. The van der Waals surface area contributed by atoms with Crippen molar-refractivity contribution < 1.29 is 14.6 Å². The maximum absolute atomic E-state index is 11.8. The number of methoxy groups -OCH3 is 1. The number of carbonyl (C=O) groups excluding carboxylic acids is 1. The molecule has 4 N–H and O–H groups in total. The molecule has 18 heavy (non-hydrogen) atoms. The van der Waals surface area contributed by atoms with E-state index in [9.17, 15) is 4.79 Å². The first-order valence-corrected chi connectivity index (χ1v) is 6.01. The van der Waals surface area contributed by atoms with Crippen molar-refractivity contribution >= 4 is 11.6 Å². The number of carbonyl (C=O) groups is 1. The summed E-state index contributed by atoms with van der Waals surface area (Å²) >= 11 is 0. The first-order chi connectivity index (χ1) is 8.69. The maximum atomic E-state index is 11.8. The van der Waals surface area contributed by atoms with Crippen LogP contribution in [0.5, 0.6) is 5.75 Å². The molecule has 0 bridgehead atoms. The number of aliphatic hydroxyl groups is 1. The summed E-state index contributed by atoms with van der Waals surface area (Å²) in [6.45, 7) is 0.800. The summed E-state index contributed by atoms with van der Waals surface area (Å²) in [5, 5.41) is 11.4. The van der Waals surface area contributed by atoms with Crippen LogP contribution in [0.2, 0.25) is 0 Å². The quantitative estimate of drug-likeness (QED) is 0.502. The molecular formula is C13H20N2O3. The monoisotopic (exact) mass is 252 g/mol. The first-order valence-electron chi connectivity index (χ1n) is 6.01. The van der Waals surface area contributed by atoms with E-state index < -0.39 is 0 Å². The number of benzene rings is 1. The van der Waals surface area contributed by atoms with E-state index in [4.69, 9.17) is 15.6 Å². The molecule has 1 amide bonds. The number of nitrogen functional groups attached to an aromatic ring is 1. The topological polar surface area (TPSA) is 84.6 Å². The number of nitrogens with two attached hydrogens (primary N) is 1. The van der Waals surface area contributed by atoms with Crippen molar-refractivity contribution in [2.24, 2.45) is 0 Å². The number of ether oxygens (including phenoxy) is 1. The minimum Gasteiger partial charge on any atom is -0.495 e. The molecule has 0 heterocycles. The van der Waals surface area contributed by atoms with Crippen LogP contribution >= 0.6 is 0 Å². The third-order valence-electron chi connectivity index (χ3n) is 2.62. The number of amides is 1. The highest BCUT2D eigenvalue weighted by Crippen LogP contribution is 2.21. The van der Waals surface area contributed by atoms with Gasteiger partial charge in [-0.1, -0.05) is 0 Å². The average Bonchev–Trinajstić information content (AvgIpc) is 2.38. The molecule has 5 heteroatoms. The zero-order chi connectivity index (χ0) is 13.4. The minimum absolute atomic E-state index is 0.141. The van der Waals surface area contributed by atoms with Crippen LogP contribution in [-0.4, -0.2) is 31.3 Å². The summed E-state index contributed by atoms with van der Waals surface area (Å²) in [7, 11) is 1.52. The van der Waals surface area contributed by atoms with Gasteiger partial charge in [0.1, 0.15) is 5.75 Å². The van der Waals surface area contributed by atoms with E-state index in [-0.39, 0.29) is 12.5 Å². The van der Waals surface area contributed by atoms with Crippen LogP contribution in [0, 0.1) is 0 Å². The van der Waals surface area contributed by atoms with Crippen molar-refractivity contribution in [2.75, 3.05) is 26.0 Å². The second-order valence-electron chi connectivity index (χ2n) is 4.00. The highest BCUT2D eigenvalue weighted by molar-refractivity contribution is 5.95. The van der Waals surface area contributed by atoms with Crippen molar-refractivity contribution in [1.29, 1.82) is 0 Å². The summed E-state index contributed by atoms with van der Waals surface area (Å²) in [4.78, 5) is 11.8. The molecule has 0 aliphatic heterocycles. The number of rotatable bonds is 7. The molecule has 5 nitrogen and oxygen atoms in total. The zero-order valence-corrected chi connectivity index (χ0v) is 10.6. The minimum atomic E-state index is -0.141. The maximum Gasteiger partial charge on any atom is 0.251 e. The van der Waals surface area contributed by atoms with E-state index in [1.54, 1.807) is 18.2 Å². The fraction of sp³-hybridized carbons (Fsp3) is 0.462. The SMILES string of the molecule is COc1cc(C(=O)NCCCCCO)ccc1N. The van der Waals surface area contributed by atoms with E-state index in [2.05, 4.69) is 5.32 Å². The largest absolute Gasteiger partial charge is 0.495 e. The predicted molar refractivity (Wildman–Crippen MR) is 70.7 cm³/mol. The van der Waals surface area contributed by atoms with Gasteiger partial charge in [0.05, 0.1) is 12.8 Å². The highest BCUT2D eigenvalue weighted by Gasteiger charge is 2.07. The number of anilines is 1. The lowest BCUT2D eigenvalue weighted by Crippen LogP contribution is -2.24. The fourth-order valence-electron chi connectivity index (χ4n) is 1.57. The number of aliphatic hydroxyl groups excluding tert-OH is 1. The lowest BCUT2D eigenvalue weighted by molar-refractivity contribution is 0.0952. The Morgan fingerprint density at radius 1 is 1.39 bits per heavy atom. The molecule has 0 aliphatic rings. The van der Waals surface area contributed by atoms with E-state index in [0.29, 0.717) is 23.5 Å². The van der Waals surface area contributed by atoms with Gasteiger partial charge in [-0.2, -0.15) is 0 Å². The van der Waals surface area contributed by atoms with Crippen LogP contribution in [0.15, 0.2) is 18.2 Å². The summed E-state index contributed by atoms with van der Waals surface area (Å²) in [5.74, 6) is 0.361. The number of nitrogens with one attached hydrogen (secondary N) is 1. The molecule has 0 radical (unpaired) electrons. The molecule has 0 unspecified atom stereocenters. The van der Waals surface area contributed by atoms with Gasteiger partial charge >= 0.3 is 0 Å². The molecule has 0 spiro atoms. The van der Waals surface area contributed by atoms with Crippen molar-refractivity contribution in [3.8, 4) is 5.75 Å². The zero-order valence-electron chi connectivity index (χ0n) is 10.6. The second-order valence-corrected chi connectivity index (χ2v) is 4.00. The molecule has 1 rings (SSSR count). The van der Waals surface area contributed by atoms with Crippen molar-refractivity contribution in [2.45, 2.75) is 19.3 Å². The Labute approximate surface area is 107 Å². The van der Waals surface area contributed by atoms with Gasteiger partial charge in [-0.3, -0.25) is 4.79 Å². The van der Waals surface area contributed by atoms with Crippen LogP contribution in [0.3, 0.4) is 0 Å². The third kappa shape index (κ3) is 4.25. The van der Waals surface area contributed by atoms with Gasteiger partial charge in [0.15, 0.2) is 0 Å². The second kappa shape index (κ2) is 7.55. The summed E-state index contributed by atoms with van der Waals surface area (Å²) < 4.78 is 5.06. The van der Waals surface area contributed by atoms with Crippen LogP contribution < -0.4 is 15.8 Å². The molecule has 0 fully saturated rings. The lowest BCUT2D eigenvalue weighted by Gasteiger charge is -2.08. The lowest BCUT2D eigenvalue weighted by atomic mass is 10.1. The Morgan fingerprint density at radius 2 is 2.17 bits per heavy atom. The van der Waals surface area contributed by atoms with E-state index in [0.717, 1.165) is 19.3 Å². The third-order valence-corrected chi connectivity index (χ3v) is 2.62. The smallest absolute Gasteiger partial charge is 0.251 e. The Morgan fingerprint density at radius 3 is 2.83 bits per heavy atom. The van der Waals surface area contributed by atoms with Crippen LogP contribution in [0.4, 0.5) is 5.69 Å². The summed E-state index contributed by atoms with van der Waals surface area (Å²) in [6, 6.07) is 4.94. The molecule has 1 aromatic rings. The Hall–Kier alpha value is -1.75. The number of hydrogen-bond acceptors (Lipinski definition) is 4. The first kappa shape index (κ1) is 14.3. The Kier molecular flexibility index (Phi) is 6.00. The average molecular weight is 252 g/mol. The van der Waals surface area contributed by atoms with E-state index in [1.807, 2.05) is 0 Å². The van der Waals surface area contributed by atoms with Gasteiger partial charge in [-0.15, -0.1) is 0 Å². The standard InChI is InChI=1S/C13H20N2O3/c1-18-12-9-10(5-6-11(12)14)13(17)15-7-3-2-4-8-16/h5-6,9,16H,2-4,7-8,14H2,1H3,(H,15,17). The van der Waals surface area contributed by atoms with E-state index in [1.165, 1.54) is 7.11 Å². The normalized spacial score (nSPS) is 10.1. The fourth-order valence-corrected chi connectivity index (χ4v) is 1.57. The van der Waals surface area contributed by atoms with Crippen molar-refractivity contribution in [3.05, 3.63) is 23.8 Å². The molecule has 0 saturated carbocycles. The predicted octanol–water partition coefficient (Wildman–Crippen LogP) is 1.17. The van der Waals surface area contributed by atoms with Gasteiger partial charge in [0, 0.05) is 18.7 Å². The number of unbranched alkanes of at least 4 members (excludes halogenated alkanes) is 2. The van der Waals surface area contributed by atoms with Crippen LogP contribution in [0.1, 0.15) is 29.6 Å². The molecular weight excluding hydrogens is 232 g/mol. The molecule has 0 atom stereocenters. The Balaban J connectivity index is 2.46. The van der Waals surface area contributed by atoms with Crippen molar-refractivity contribution in [3.63, 3.8) is 0 Å². The van der Waals surface area contributed by atoms with Gasteiger partial charge in [-0.05, 0) is 37.5 Å². The molecule has 0 aromatic heterocycles. The van der Waals surface area contributed by atoms with Crippen LogP contribution in [-0.2, 0) is 0 Å². The molecule has 100 valence electrons. The van der Waals surface area contributed by atoms with Crippen molar-refractivity contribution in [1.82, 2.24) is 5.32 Å². The summed E-state index contributed by atoms with van der Waals surface area (Å²) in [6.07, 6.45) is 2.53. The van der Waals surface area contributed by atoms with Gasteiger partial charge < -0.3 is 20.9 Å². The van der Waals surface area contributed by atoms with E-state index >= 15 is 0 Å². The summed E-state index contributed by atoms with van der Waals surface area (Å²) in [5.41, 5.74) is 6.72. The highest BCUT2D eigenvalue weighted by atomic mass is 16.5. The number of hydrogen-bond donors (Lipinski definition) is 3. The van der Waals surface area contributed by atoms with Gasteiger partial charge in [0.25, 0.3) is 5.91 Å². The van der Waals surface area contributed by atoms with Gasteiger partial charge in [-0.25, -0.2) is 0 Å². The van der Waals surface area contributed by atoms with Crippen LogP contribution in [0.25, 0.3) is 0 Å². The molecule has 0 saturated heterocycles. The molecule has 1 aromatic carbocycles.